The lowest BCUT2D eigenvalue weighted by Gasteiger charge is -2.16. The van der Waals surface area contributed by atoms with Crippen molar-refractivity contribution < 1.29 is 23.9 Å². The number of carbonyl (C=O) groups excluding carboxylic acids is 3. The Morgan fingerprint density at radius 3 is 2.10 bits per heavy atom. The number of hydrogen-bond acceptors (Lipinski definition) is 5. The predicted molar refractivity (Wildman–Crippen MR) is 75.5 cm³/mol. The maximum atomic E-state index is 11.7. The number of carbonyl (C=O) groups is 3. The van der Waals surface area contributed by atoms with Gasteiger partial charge in [-0.3, -0.25) is 4.79 Å². The number of esters is 2. The fourth-order valence-electron chi connectivity index (χ4n) is 1.79. The summed E-state index contributed by atoms with van der Waals surface area (Å²) in [7, 11) is 2.32. The molecule has 0 aliphatic heterocycles. The summed E-state index contributed by atoms with van der Waals surface area (Å²) < 4.78 is 8.94. The lowest BCUT2D eigenvalue weighted by atomic mass is 10.0. The molecule has 0 radical (unpaired) electrons. The van der Waals surface area contributed by atoms with Crippen LogP contribution >= 0.6 is 0 Å². The Labute approximate surface area is 123 Å². The molecule has 21 heavy (non-hydrogen) atoms. The van der Waals surface area contributed by atoms with Crippen LogP contribution < -0.4 is 5.32 Å². The minimum absolute atomic E-state index is 0.236. The van der Waals surface area contributed by atoms with Gasteiger partial charge in [0.15, 0.2) is 0 Å². The highest BCUT2D eigenvalue weighted by Gasteiger charge is 2.25. The number of methoxy groups -OCH3 is 2. The Bertz CT molecular complexity index is 509. The fraction of sp³-hybridized carbons (Fsp3) is 0.400. The van der Waals surface area contributed by atoms with Gasteiger partial charge in [0.05, 0.1) is 14.2 Å². The Balaban J connectivity index is 2.80. The third-order valence-electron chi connectivity index (χ3n) is 3.03. The summed E-state index contributed by atoms with van der Waals surface area (Å²) in [5.41, 5.74) is 2.03. The van der Waals surface area contributed by atoms with Gasteiger partial charge in [0.1, 0.15) is 6.04 Å². The highest BCUT2D eigenvalue weighted by atomic mass is 16.5. The van der Waals surface area contributed by atoms with Crippen LogP contribution in [0.2, 0.25) is 0 Å². The molecule has 0 spiro atoms. The number of rotatable bonds is 5. The van der Waals surface area contributed by atoms with E-state index in [1.165, 1.54) is 12.7 Å². The van der Waals surface area contributed by atoms with E-state index in [4.69, 9.17) is 0 Å². The Morgan fingerprint density at radius 2 is 1.62 bits per heavy atom. The molecule has 0 aliphatic carbocycles. The smallest absolute Gasteiger partial charge is 0.396 e. The van der Waals surface area contributed by atoms with E-state index in [-0.39, 0.29) is 6.42 Å². The van der Waals surface area contributed by atoms with Crippen LogP contribution in [0.1, 0.15) is 18.1 Å². The first-order valence-corrected chi connectivity index (χ1v) is 6.56. The SMILES string of the molecule is CCc1ccc(CC(NC(=O)C(=O)OC)C(=O)OC)cc1. The second kappa shape index (κ2) is 8.04. The molecular weight excluding hydrogens is 274 g/mol. The van der Waals surface area contributed by atoms with E-state index >= 15 is 0 Å². The van der Waals surface area contributed by atoms with Crippen molar-refractivity contribution >= 4 is 17.8 Å². The van der Waals surface area contributed by atoms with E-state index in [1.807, 2.05) is 31.2 Å². The molecule has 1 unspecified atom stereocenters. The van der Waals surface area contributed by atoms with Crippen LogP contribution in [0.25, 0.3) is 0 Å². The average molecular weight is 293 g/mol. The van der Waals surface area contributed by atoms with Crippen LogP contribution in [-0.2, 0) is 36.7 Å². The van der Waals surface area contributed by atoms with Crippen molar-refractivity contribution in [2.24, 2.45) is 0 Å². The molecule has 0 saturated heterocycles. The molecule has 6 nitrogen and oxygen atoms in total. The summed E-state index contributed by atoms with van der Waals surface area (Å²) in [6.07, 6.45) is 1.15. The molecule has 1 aromatic carbocycles. The third-order valence-corrected chi connectivity index (χ3v) is 3.03. The maximum Gasteiger partial charge on any atom is 0.396 e. The summed E-state index contributed by atoms with van der Waals surface area (Å²) in [6, 6.07) is 6.71. The molecule has 0 aromatic heterocycles. The van der Waals surface area contributed by atoms with E-state index in [0.717, 1.165) is 19.1 Å². The van der Waals surface area contributed by atoms with E-state index < -0.39 is 23.9 Å². The number of benzene rings is 1. The van der Waals surface area contributed by atoms with Gasteiger partial charge in [-0.2, -0.15) is 0 Å². The minimum Gasteiger partial charge on any atom is -0.467 e. The van der Waals surface area contributed by atoms with E-state index in [1.54, 1.807) is 0 Å². The highest BCUT2D eigenvalue weighted by molar-refractivity contribution is 6.32. The van der Waals surface area contributed by atoms with Crippen molar-refractivity contribution in [3.63, 3.8) is 0 Å². The summed E-state index contributed by atoms with van der Waals surface area (Å²) in [4.78, 5) is 34.3. The van der Waals surface area contributed by atoms with Crippen LogP contribution in [0.3, 0.4) is 0 Å². The van der Waals surface area contributed by atoms with Crippen molar-refractivity contribution in [1.82, 2.24) is 5.32 Å². The lowest BCUT2D eigenvalue weighted by Crippen LogP contribution is -2.46. The second-order valence-electron chi connectivity index (χ2n) is 4.41. The van der Waals surface area contributed by atoms with E-state index in [9.17, 15) is 14.4 Å². The summed E-state index contributed by atoms with van der Waals surface area (Å²) >= 11 is 0. The molecule has 114 valence electrons. The van der Waals surface area contributed by atoms with Crippen LogP contribution in [0.15, 0.2) is 24.3 Å². The quantitative estimate of drug-likeness (QED) is 0.636. The first kappa shape index (κ1) is 16.7. The van der Waals surface area contributed by atoms with E-state index in [0.29, 0.717) is 0 Å². The second-order valence-corrected chi connectivity index (χ2v) is 4.41. The maximum absolute atomic E-state index is 11.7. The predicted octanol–water partition coefficient (Wildman–Crippen LogP) is 0.622. The molecule has 0 bridgehead atoms. The number of nitrogens with one attached hydrogen (secondary N) is 1. The molecule has 0 aliphatic rings. The van der Waals surface area contributed by atoms with Gasteiger partial charge in [0.2, 0.25) is 0 Å². The number of hydrogen-bond donors (Lipinski definition) is 1. The van der Waals surface area contributed by atoms with Crippen LogP contribution in [0.4, 0.5) is 0 Å². The molecule has 1 aromatic rings. The van der Waals surface area contributed by atoms with Crippen LogP contribution in [0, 0.1) is 0 Å². The zero-order chi connectivity index (χ0) is 15.8. The molecule has 0 heterocycles. The molecule has 0 saturated carbocycles. The van der Waals surface area contributed by atoms with Gasteiger partial charge < -0.3 is 14.8 Å². The molecular formula is C15H19NO5. The molecule has 1 atom stereocenters. The molecule has 1 amide bonds. The molecule has 1 N–H and O–H groups in total. The van der Waals surface area contributed by atoms with Gasteiger partial charge >= 0.3 is 17.8 Å². The largest absolute Gasteiger partial charge is 0.467 e. The van der Waals surface area contributed by atoms with Crippen molar-refractivity contribution in [1.29, 1.82) is 0 Å². The number of aryl methyl sites for hydroxylation is 1. The van der Waals surface area contributed by atoms with Crippen LogP contribution in [0.5, 0.6) is 0 Å². The van der Waals surface area contributed by atoms with Crippen molar-refractivity contribution in [2.75, 3.05) is 14.2 Å². The topological polar surface area (TPSA) is 81.7 Å². The summed E-state index contributed by atoms with van der Waals surface area (Å²) in [5, 5.41) is 2.31. The normalized spacial score (nSPS) is 11.4. The lowest BCUT2D eigenvalue weighted by molar-refractivity contribution is -0.154. The van der Waals surface area contributed by atoms with Gasteiger partial charge in [0, 0.05) is 6.42 Å². The fourth-order valence-corrected chi connectivity index (χ4v) is 1.79. The molecule has 1 rings (SSSR count). The Morgan fingerprint density at radius 1 is 1.05 bits per heavy atom. The zero-order valence-corrected chi connectivity index (χ0v) is 12.3. The van der Waals surface area contributed by atoms with Gasteiger partial charge in [-0.05, 0) is 17.5 Å². The molecule has 0 fully saturated rings. The Kier molecular flexibility index (Phi) is 6.39. The van der Waals surface area contributed by atoms with Gasteiger partial charge in [-0.15, -0.1) is 0 Å². The standard InChI is InChI=1S/C15H19NO5/c1-4-10-5-7-11(8-6-10)9-12(14(18)20-2)16-13(17)15(19)21-3/h5-8,12H,4,9H2,1-3H3,(H,16,17). The average Bonchev–Trinajstić information content (AvgIpc) is 2.53. The molecule has 6 heteroatoms. The van der Waals surface area contributed by atoms with Gasteiger partial charge in [0.25, 0.3) is 0 Å². The number of amides is 1. The van der Waals surface area contributed by atoms with E-state index in [2.05, 4.69) is 14.8 Å². The van der Waals surface area contributed by atoms with Gasteiger partial charge in [-0.25, -0.2) is 9.59 Å². The minimum atomic E-state index is -1.05. The Hall–Kier alpha value is -2.37. The number of ether oxygens (including phenoxy) is 2. The first-order valence-electron chi connectivity index (χ1n) is 6.56. The van der Waals surface area contributed by atoms with Crippen molar-refractivity contribution in [3.8, 4) is 0 Å². The first-order chi connectivity index (χ1) is 10.0. The zero-order valence-electron chi connectivity index (χ0n) is 12.3. The third kappa shape index (κ3) is 4.91. The van der Waals surface area contributed by atoms with Gasteiger partial charge in [-0.1, -0.05) is 31.2 Å². The van der Waals surface area contributed by atoms with Crippen LogP contribution in [-0.4, -0.2) is 38.1 Å². The monoisotopic (exact) mass is 293 g/mol. The highest BCUT2D eigenvalue weighted by Crippen LogP contribution is 2.08. The van der Waals surface area contributed by atoms with Crippen molar-refractivity contribution in [2.45, 2.75) is 25.8 Å². The summed E-state index contributed by atoms with van der Waals surface area (Å²) in [6.45, 7) is 2.04. The van der Waals surface area contributed by atoms with Crippen molar-refractivity contribution in [3.05, 3.63) is 35.4 Å². The summed E-state index contributed by atoms with van der Waals surface area (Å²) in [5.74, 6) is -2.64.